The van der Waals surface area contributed by atoms with Crippen molar-refractivity contribution in [1.29, 1.82) is 0 Å². The first-order chi connectivity index (χ1) is 10.5. The Bertz CT molecular complexity index is 622. The van der Waals surface area contributed by atoms with Crippen molar-refractivity contribution in [3.8, 4) is 5.75 Å². The maximum Gasteiger partial charge on any atom is 0.180 e. The molecule has 1 aromatic rings. The van der Waals surface area contributed by atoms with Gasteiger partial charge in [0.25, 0.3) is 0 Å². The Morgan fingerprint density at radius 2 is 2.14 bits per heavy atom. The van der Waals surface area contributed by atoms with Crippen LogP contribution in [0, 0.1) is 11.8 Å². The molecule has 2 aliphatic carbocycles. The van der Waals surface area contributed by atoms with Crippen LogP contribution < -0.4 is 0 Å². The zero-order valence-corrected chi connectivity index (χ0v) is 13.5. The molecule has 2 bridgehead atoms. The van der Waals surface area contributed by atoms with Crippen molar-refractivity contribution in [3.05, 3.63) is 29.3 Å². The molecule has 0 aromatic heterocycles. The summed E-state index contributed by atoms with van der Waals surface area (Å²) in [5.74, 6) is 1.65. The van der Waals surface area contributed by atoms with E-state index in [1.165, 1.54) is 12.8 Å². The van der Waals surface area contributed by atoms with Crippen LogP contribution >= 0.6 is 0 Å². The number of nitrogens with zero attached hydrogens (tertiary/aromatic N) is 1. The standard InChI is InChI=1S/C19H25NO2/c1-12-17-18(22)15-7-6-14(21)10-16(15)19(12,2)8-3-9-20(17)11-13-4-5-13/h6-7,10,12-13,17,21H,3-5,8-9,11H2,1-2H3/t12-,17-,19+/m0/s1. The normalized spacial score (nSPS) is 35.1. The summed E-state index contributed by atoms with van der Waals surface area (Å²) in [7, 11) is 0. The van der Waals surface area contributed by atoms with E-state index in [-0.39, 0.29) is 23.0 Å². The third-order valence-electron chi connectivity index (χ3n) is 6.36. The lowest BCUT2D eigenvalue weighted by atomic mass is 9.61. The van der Waals surface area contributed by atoms with Gasteiger partial charge in [-0.05, 0) is 73.2 Å². The van der Waals surface area contributed by atoms with E-state index in [1.54, 1.807) is 6.07 Å². The van der Waals surface area contributed by atoms with E-state index in [4.69, 9.17) is 0 Å². The summed E-state index contributed by atoms with van der Waals surface area (Å²) < 4.78 is 0. The molecule has 3 atom stereocenters. The van der Waals surface area contributed by atoms with Crippen molar-refractivity contribution in [2.45, 2.75) is 51.0 Å². The van der Waals surface area contributed by atoms with Crippen LogP contribution in [0.2, 0.25) is 0 Å². The summed E-state index contributed by atoms with van der Waals surface area (Å²) in [4.78, 5) is 15.6. The van der Waals surface area contributed by atoms with Gasteiger partial charge in [-0.25, -0.2) is 0 Å². The number of hydrogen-bond donors (Lipinski definition) is 1. The third-order valence-corrected chi connectivity index (χ3v) is 6.36. The summed E-state index contributed by atoms with van der Waals surface area (Å²) in [5.41, 5.74) is 1.89. The number of phenolic OH excluding ortho intramolecular Hbond substituents is 1. The molecular formula is C19H25NO2. The molecular weight excluding hydrogens is 274 g/mol. The number of benzene rings is 1. The molecule has 1 N–H and O–H groups in total. The first-order valence-corrected chi connectivity index (χ1v) is 8.62. The van der Waals surface area contributed by atoms with Crippen LogP contribution in [0.25, 0.3) is 0 Å². The Labute approximate surface area is 132 Å². The maximum absolute atomic E-state index is 13.1. The molecule has 3 aliphatic rings. The molecule has 1 saturated carbocycles. The van der Waals surface area contributed by atoms with E-state index in [1.807, 2.05) is 12.1 Å². The van der Waals surface area contributed by atoms with Gasteiger partial charge in [0.15, 0.2) is 5.78 Å². The molecule has 22 heavy (non-hydrogen) atoms. The highest BCUT2D eigenvalue weighted by Crippen LogP contribution is 2.49. The lowest BCUT2D eigenvalue weighted by Gasteiger charge is -2.46. The van der Waals surface area contributed by atoms with E-state index in [9.17, 15) is 9.90 Å². The van der Waals surface area contributed by atoms with Crippen LogP contribution in [-0.4, -0.2) is 34.9 Å². The van der Waals surface area contributed by atoms with Crippen molar-refractivity contribution in [3.63, 3.8) is 0 Å². The first kappa shape index (κ1) is 14.3. The topological polar surface area (TPSA) is 40.5 Å². The summed E-state index contributed by atoms with van der Waals surface area (Å²) in [6.45, 7) is 6.65. The number of ketones is 1. The van der Waals surface area contributed by atoms with Crippen molar-refractivity contribution >= 4 is 5.78 Å². The van der Waals surface area contributed by atoms with Crippen LogP contribution in [-0.2, 0) is 5.41 Å². The van der Waals surface area contributed by atoms with E-state index in [0.29, 0.717) is 5.92 Å². The largest absolute Gasteiger partial charge is 0.508 e. The fraction of sp³-hybridized carbons (Fsp3) is 0.632. The molecule has 0 amide bonds. The highest BCUT2D eigenvalue weighted by Gasteiger charge is 2.51. The fourth-order valence-corrected chi connectivity index (χ4v) is 4.67. The zero-order valence-electron chi connectivity index (χ0n) is 13.5. The van der Waals surface area contributed by atoms with Gasteiger partial charge in [0.2, 0.25) is 0 Å². The van der Waals surface area contributed by atoms with Gasteiger partial charge in [-0.15, -0.1) is 0 Å². The smallest absolute Gasteiger partial charge is 0.180 e. The van der Waals surface area contributed by atoms with Gasteiger partial charge >= 0.3 is 0 Å². The summed E-state index contributed by atoms with van der Waals surface area (Å²) in [6, 6.07) is 5.35. The molecule has 1 saturated heterocycles. The lowest BCUT2D eigenvalue weighted by Crippen LogP contribution is -2.53. The summed E-state index contributed by atoms with van der Waals surface area (Å²) in [5, 5.41) is 9.90. The van der Waals surface area contributed by atoms with Crippen molar-refractivity contribution < 1.29 is 9.90 Å². The van der Waals surface area contributed by atoms with Crippen LogP contribution in [0.4, 0.5) is 0 Å². The minimum absolute atomic E-state index is 0.00898. The van der Waals surface area contributed by atoms with Crippen LogP contribution in [0.15, 0.2) is 18.2 Å². The van der Waals surface area contributed by atoms with E-state index in [2.05, 4.69) is 18.7 Å². The number of carbonyl (C=O) groups is 1. The second kappa shape index (κ2) is 4.82. The maximum atomic E-state index is 13.1. The monoisotopic (exact) mass is 299 g/mol. The Morgan fingerprint density at radius 1 is 1.36 bits per heavy atom. The number of likely N-dealkylation sites (tertiary alicyclic amines) is 1. The van der Waals surface area contributed by atoms with E-state index >= 15 is 0 Å². The minimum atomic E-state index is -0.00898. The number of rotatable bonds is 2. The van der Waals surface area contributed by atoms with Crippen molar-refractivity contribution in [2.75, 3.05) is 13.1 Å². The quantitative estimate of drug-likeness (QED) is 0.910. The third kappa shape index (κ3) is 2.02. The SMILES string of the molecule is C[C@H]1[C@H]2C(=O)c3ccc(O)cc3[C@]1(C)CCCN2CC1CC1. The van der Waals surface area contributed by atoms with Crippen LogP contribution in [0.1, 0.15) is 55.5 Å². The van der Waals surface area contributed by atoms with Gasteiger partial charge < -0.3 is 5.11 Å². The van der Waals surface area contributed by atoms with E-state index < -0.39 is 0 Å². The summed E-state index contributed by atoms with van der Waals surface area (Å²) in [6.07, 6.45) is 4.88. The molecule has 0 unspecified atom stereocenters. The number of fused-ring (bicyclic) bond motifs is 4. The summed E-state index contributed by atoms with van der Waals surface area (Å²) >= 11 is 0. The molecule has 1 heterocycles. The van der Waals surface area contributed by atoms with Crippen LogP contribution in [0.3, 0.4) is 0 Å². The number of aromatic hydroxyl groups is 1. The first-order valence-electron chi connectivity index (χ1n) is 8.62. The Kier molecular flexibility index (Phi) is 3.12. The Hall–Kier alpha value is -1.35. The molecule has 118 valence electrons. The highest BCUT2D eigenvalue weighted by atomic mass is 16.3. The number of carbonyl (C=O) groups excluding carboxylic acids is 1. The van der Waals surface area contributed by atoms with Gasteiger partial charge in [-0.1, -0.05) is 13.8 Å². The van der Waals surface area contributed by atoms with Gasteiger partial charge in [0.1, 0.15) is 5.75 Å². The van der Waals surface area contributed by atoms with Gasteiger partial charge in [-0.2, -0.15) is 0 Å². The molecule has 0 radical (unpaired) electrons. The molecule has 2 fully saturated rings. The number of Topliss-reactive ketones (excluding diaryl/α,β-unsaturated/α-hetero) is 1. The molecule has 3 nitrogen and oxygen atoms in total. The average molecular weight is 299 g/mol. The second-order valence-corrected chi connectivity index (χ2v) is 7.79. The average Bonchev–Trinajstić information content (AvgIpc) is 3.29. The van der Waals surface area contributed by atoms with E-state index in [0.717, 1.165) is 43.0 Å². The fourth-order valence-electron chi connectivity index (χ4n) is 4.67. The molecule has 0 spiro atoms. The predicted molar refractivity (Wildman–Crippen MR) is 86.3 cm³/mol. The Morgan fingerprint density at radius 3 is 2.86 bits per heavy atom. The highest BCUT2D eigenvalue weighted by molar-refractivity contribution is 6.03. The van der Waals surface area contributed by atoms with Crippen LogP contribution in [0.5, 0.6) is 5.75 Å². The number of phenols is 1. The molecule has 1 aromatic carbocycles. The van der Waals surface area contributed by atoms with Gasteiger partial charge in [0.05, 0.1) is 6.04 Å². The zero-order chi connectivity index (χ0) is 15.5. The second-order valence-electron chi connectivity index (χ2n) is 7.79. The van der Waals surface area contributed by atoms with Crippen molar-refractivity contribution in [2.24, 2.45) is 11.8 Å². The molecule has 1 aliphatic heterocycles. The van der Waals surface area contributed by atoms with Gasteiger partial charge in [0, 0.05) is 12.1 Å². The number of hydrogen-bond acceptors (Lipinski definition) is 3. The predicted octanol–water partition coefficient (Wildman–Crippen LogP) is 3.36. The lowest BCUT2D eigenvalue weighted by molar-refractivity contribution is 0.0642. The Balaban J connectivity index is 1.81. The molecule has 4 rings (SSSR count). The molecule has 3 heteroatoms. The minimum Gasteiger partial charge on any atom is -0.508 e. The van der Waals surface area contributed by atoms with Gasteiger partial charge in [-0.3, -0.25) is 9.69 Å². The van der Waals surface area contributed by atoms with Crippen molar-refractivity contribution in [1.82, 2.24) is 4.90 Å².